The highest BCUT2D eigenvalue weighted by atomic mass is 16.5. The minimum absolute atomic E-state index is 0.252. The third-order valence-electron chi connectivity index (χ3n) is 6.80. The predicted octanol–water partition coefficient (Wildman–Crippen LogP) is 4.65. The molecule has 1 saturated heterocycles. The molecule has 3 aliphatic rings. The van der Waals surface area contributed by atoms with Gasteiger partial charge in [0.15, 0.2) is 0 Å². The van der Waals surface area contributed by atoms with Crippen LogP contribution in [0.1, 0.15) is 66.2 Å². The van der Waals surface area contributed by atoms with Gasteiger partial charge in [0.25, 0.3) is 0 Å². The van der Waals surface area contributed by atoms with Crippen molar-refractivity contribution in [2.45, 2.75) is 71.8 Å². The van der Waals surface area contributed by atoms with Crippen LogP contribution >= 0.6 is 0 Å². The first-order valence-electron chi connectivity index (χ1n) is 8.16. The molecule has 0 spiro atoms. The topological polar surface area (TPSA) is 9.23 Å². The summed E-state index contributed by atoms with van der Waals surface area (Å²) in [4.78, 5) is 0. The summed E-state index contributed by atoms with van der Waals surface area (Å²) < 4.78 is 6.28. The van der Waals surface area contributed by atoms with E-state index in [0.29, 0.717) is 5.41 Å². The molecule has 2 aliphatic carbocycles. The largest absolute Gasteiger partial charge is 0.375 e. The summed E-state index contributed by atoms with van der Waals surface area (Å²) in [5.41, 5.74) is 0.809. The van der Waals surface area contributed by atoms with Crippen molar-refractivity contribution >= 4 is 0 Å². The number of hydrogen-bond donors (Lipinski definition) is 0. The monoisotopic (exact) mass is 250 g/mol. The number of hydrogen-bond acceptors (Lipinski definition) is 1. The van der Waals surface area contributed by atoms with Crippen LogP contribution in [0.3, 0.4) is 0 Å². The first-order chi connectivity index (χ1) is 8.52. The van der Waals surface area contributed by atoms with Crippen molar-refractivity contribution in [2.75, 3.05) is 6.61 Å². The summed E-state index contributed by atoms with van der Waals surface area (Å²) in [7, 11) is 0. The smallest absolute Gasteiger partial charge is 0.0714 e. The van der Waals surface area contributed by atoms with E-state index in [1.165, 1.54) is 38.5 Å². The SMILES string of the molecule is CCC12CCC3C(C)CC(C)CC3(C)C1CCO2. The van der Waals surface area contributed by atoms with Crippen molar-refractivity contribution in [2.24, 2.45) is 29.1 Å². The zero-order valence-corrected chi connectivity index (χ0v) is 12.7. The Bertz CT molecular complexity index is 326. The molecule has 1 heteroatoms. The average molecular weight is 250 g/mol. The second-order valence-electron chi connectivity index (χ2n) is 7.78. The molecule has 6 unspecified atom stereocenters. The molecule has 1 aliphatic heterocycles. The molecule has 0 aromatic rings. The molecule has 0 amide bonds. The summed E-state index contributed by atoms with van der Waals surface area (Å²) in [6, 6.07) is 0. The van der Waals surface area contributed by atoms with E-state index in [9.17, 15) is 0 Å². The van der Waals surface area contributed by atoms with Crippen molar-refractivity contribution in [3.63, 3.8) is 0 Å². The highest BCUT2D eigenvalue weighted by Gasteiger charge is 2.59. The van der Waals surface area contributed by atoms with Crippen molar-refractivity contribution in [1.82, 2.24) is 0 Å². The maximum atomic E-state index is 6.28. The number of rotatable bonds is 1. The van der Waals surface area contributed by atoms with Crippen LogP contribution in [-0.2, 0) is 4.74 Å². The Hall–Kier alpha value is -0.0400. The average Bonchev–Trinajstić information content (AvgIpc) is 2.73. The molecule has 2 saturated carbocycles. The molecule has 0 aromatic carbocycles. The molecular weight excluding hydrogens is 220 g/mol. The van der Waals surface area contributed by atoms with Crippen LogP contribution in [-0.4, -0.2) is 12.2 Å². The summed E-state index contributed by atoms with van der Waals surface area (Å²) in [5.74, 6) is 3.63. The Morgan fingerprint density at radius 2 is 2.00 bits per heavy atom. The van der Waals surface area contributed by atoms with Gasteiger partial charge in [-0.3, -0.25) is 0 Å². The maximum Gasteiger partial charge on any atom is 0.0714 e. The predicted molar refractivity (Wildman–Crippen MR) is 75.5 cm³/mol. The van der Waals surface area contributed by atoms with E-state index in [-0.39, 0.29) is 5.60 Å². The lowest BCUT2D eigenvalue weighted by atomic mass is 9.47. The zero-order chi connectivity index (χ0) is 13.0. The standard InChI is InChI=1S/C17H30O/c1-5-17-8-6-14-13(3)10-12(2)11-16(14,4)15(17)7-9-18-17/h12-15H,5-11H2,1-4H3. The van der Waals surface area contributed by atoms with Gasteiger partial charge >= 0.3 is 0 Å². The van der Waals surface area contributed by atoms with Crippen molar-refractivity contribution in [3.05, 3.63) is 0 Å². The fourth-order valence-corrected chi connectivity index (χ4v) is 6.30. The van der Waals surface area contributed by atoms with Crippen LogP contribution in [0, 0.1) is 29.1 Å². The molecule has 104 valence electrons. The molecule has 1 nitrogen and oxygen atoms in total. The Labute approximate surface area is 113 Å². The lowest BCUT2D eigenvalue weighted by Gasteiger charge is -2.59. The van der Waals surface area contributed by atoms with Gasteiger partial charge in [0.2, 0.25) is 0 Å². The van der Waals surface area contributed by atoms with Gasteiger partial charge < -0.3 is 4.74 Å². The maximum absolute atomic E-state index is 6.28. The van der Waals surface area contributed by atoms with Crippen LogP contribution in [0.15, 0.2) is 0 Å². The molecule has 0 bridgehead atoms. The van der Waals surface area contributed by atoms with Gasteiger partial charge in [0.1, 0.15) is 0 Å². The first-order valence-corrected chi connectivity index (χ1v) is 8.16. The van der Waals surface area contributed by atoms with Crippen molar-refractivity contribution in [1.29, 1.82) is 0 Å². The molecule has 0 aromatic heterocycles. The third kappa shape index (κ3) is 1.62. The summed E-state index contributed by atoms with van der Waals surface area (Å²) >= 11 is 0. The fraction of sp³-hybridized carbons (Fsp3) is 1.00. The van der Waals surface area contributed by atoms with Crippen LogP contribution in [0.25, 0.3) is 0 Å². The van der Waals surface area contributed by atoms with Gasteiger partial charge in [0, 0.05) is 6.61 Å². The van der Waals surface area contributed by atoms with E-state index < -0.39 is 0 Å². The van der Waals surface area contributed by atoms with Gasteiger partial charge in [-0.05, 0) is 67.6 Å². The van der Waals surface area contributed by atoms with E-state index in [1.807, 2.05) is 0 Å². The lowest BCUT2D eigenvalue weighted by molar-refractivity contribution is -0.146. The normalized spacial score (nSPS) is 56.0. The quantitative estimate of drug-likeness (QED) is 0.658. The molecule has 3 rings (SSSR count). The van der Waals surface area contributed by atoms with Crippen molar-refractivity contribution in [3.8, 4) is 0 Å². The second-order valence-corrected chi connectivity index (χ2v) is 7.78. The molecule has 1 heterocycles. The van der Waals surface area contributed by atoms with E-state index >= 15 is 0 Å². The highest BCUT2D eigenvalue weighted by molar-refractivity contribution is 5.09. The van der Waals surface area contributed by atoms with Gasteiger partial charge in [-0.25, -0.2) is 0 Å². The molecule has 3 fully saturated rings. The van der Waals surface area contributed by atoms with Crippen LogP contribution in [0.2, 0.25) is 0 Å². The van der Waals surface area contributed by atoms with Gasteiger partial charge in [-0.15, -0.1) is 0 Å². The minimum atomic E-state index is 0.252. The summed E-state index contributed by atoms with van der Waals surface area (Å²) in [6.45, 7) is 10.9. The Balaban J connectivity index is 1.95. The van der Waals surface area contributed by atoms with Crippen LogP contribution in [0.5, 0.6) is 0 Å². The van der Waals surface area contributed by atoms with E-state index in [4.69, 9.17) is 4.74 Å². The highest BCUT2D eigenvalue weighted by Crippen LogP contribution is 2.63. The molecule has 0 N–H and O–H groups in total. The number of ether oxygens (including phenoxy) is 1. The summed E-state index contributed by atoms with van der Waals surface area (Å²) in [6.07, 6.45) is 8.18. The van der Waals surface area contributed by atoms with Crippen LogP contribution in [0.4, 0.5) is 0 Å². The third-order valence-corrected chi connectivity index (χ3v) is 6.80. The minimum Gasteiger partial charge on any atom is -0.375 e. The van der Waals surface area contributed by atoms with E-state index in [2.05, 4.69) is 27.7 Å². The molecule has 6 atom stereocenters. The second kappa shape index (κ2) is 4.23. The molecule has 18 heavy (non-hydrogen) atoms. The lowest BCUT2D eigenvalue weighted by Crippen LogP contribution is -2.55. The summed E-state index contributed by atoms with van der Waals surface area (Å²) in [5, 5.41) is 0. The Kier molecular flexibility index (Phi) is 3.05. The number of fused-ring (bicyclic) bond motifs is 3. The van der Waals surface area contributed by atoms with Gasteiger partial charge in [-0.1, -0.05) is 27.7 Å². The van der Waals surface area contributed by atoms with Crippen LogP contribution < -0.4 is 0 Å². The molecular formula is C17H30O. The van der Waals surface area contributed by atoms with Gasteiger partial charge in [0.05, 0.1) is 5.60 Å². The van der Waals surface area contributed by atoms with E-state index in [0.717, 1.165) is 30.3 Å². The van der Waals surface area contributed by atoms with Crippen molar-refractivity contribution < 1.29 is 4.74 Å². The fourth-order valence-electron chi connectivity index (χ4n) is 6.30. The molecule has 0 radical (unpaired) electrons. The van der Waals surface area contributed by atoms with E-state index in [1.54, 1.807) is 0 Å². The Morgan fingerprint density at radius 3 is 2.72 bits per heavy atom. The first kappa shape index (κ1) is 13.0. The zero-order valence-electron chi connectivity index (χ0n) is 12.7. The van der Waals surface area contributed by atoms with Gasteiger partial charge in [-0.2, -0.15) is 0 Å². The Morgan fingerprint density at radius 1 is 1.22 bits per heavy atom.